The predicted molar refractivity (Wildman–Crippen MR) is 63.8 cm³/mol. The average molecular weight is 218 g/mol. The highest BCUT2D eigenvalue weighted by Crippen LogP contribution is 2.34. The molecule has 2 atom stereocenters. The van der Waals surface area contributed by atoms with Crippen LogP contribution in [0.4, 0.5) is 0 Å². The van der Waals surface area contributed by atoms with Crippen molar-refractivity contribution in [1.82, 2.24) is 0 Å². The molecule has 1 aliphatic rings. The van der Waals surface area contributed by atoms with Crippen LogP contribution in [0.2, 0.25) is 0 Å². The highest BCUT2D eigenvalue weighted by Gasteiger charge is 2.27. The SMILES string of the molecule is COc1cccc(C2CC(C)CCC2=O)c1. The monoisotopic (exact) mass is 218 g/mol. The molecule has 1 fully saturated rings. The predicted octanol–water partition coefficient (Wildman–Crippen LogP) is 3.17. The van der Waals surface area contributed by atoms with E-state index in [4.69, 9.17) is 4.74 Å². The second-order valence-corrected chi connectivity index (χ2v) is 4.68. The summed E-state index contributed by atoms with van der Waals surface area (Å²) in [7, 11) is 1.66. The van der Waals surface area contributed by atoms with Gasteiger partial charge in [-0.2, -0.15) is 0 Å². The van der Waals surface area contributed by atoms with E-state index in [0.29, 0.717) is 11.7 Å². The maximum absolute atomic E-state index is 11.9. The second kappa shape index (κ2) is 4.69. The molecule has 0 saturated heterocycles. The Kier molecular flexibility index (Phi) is 3.28. The number of carbonyl (C=O) groups excluding carboxylic acids is 1. The Morgan fingerprint density at radius 3 is 2.94 bits per heavy atom. The Hall–Kier alpha value is -1.31. The van der Waals surface area contributed by atoms with E-state index in [1.807, 2.05) is 24.3 Å². The summed E-state index contributed by atoms with van der Waals surface area (Å²) in [6, 6.07) is 7.89. The van der Waals surface area contributed by atoms with Crippen molar-refractivity contribution in [3.63, 3.8) is 0 Å². The number of carbonyl (C=O) groups is 1. The third kappa shape index (κ3) is 2.26. The molecule has 0 heterocycles. The van der Waals surface area contributed by atoms with Crippen LogP contribution in [0.25, 0.3) is 0 Å². The van der Waals surface area contributed by atoms with Crippen LogP contribution in [-0.2, 0) is 4.79 Å². The molecule has 2 nitrogen and oxygen atoms in total. The minimum absolute atomic E-state index is 0.0823. The average Bonchev–Trinajstić information content (AvgIpc) is 2.32. The number of hydrogen-bond acceptors (Lipinski definition) is 2. The van der Waals surface area contributed by atoms with Crippen LogP contribution in [0, 0.1) is 5.92 Å². The summed E-state index contributed by atoms with van der Waals surface area (Å²) in [4.78, 5) is 11.9. The quantitative estimate of drug-likeness (QED) is 0.762. The molecule has 0 spiro atoms. The van der Waals surface area contributed by atoms with Crippen molar-refractivity contribution in [2.45, 2.75) is 32.1 Å². The van der Waals surface area contributed by atoms with Gasteiger partial charge in [0.15, 0.2) is 0 Å². The summed E-state index contributed by atoms with van der Waals surface area (Å²) >= 11 is 0. The van der Waals surface area contributed by atoms with Gasteiger partial charge in [0.2, 0.25) is 0 Å². The van der Waals surface area contributed by atoms with Crippen molar-refractivity contribution in [3.05, 3.63) is 29.8 Å². The zero-order valence-corrected chi connectivity index (χ0v) is 9.90. The van der Waals surface area contributed by atoms with E-state index in [-0.39, 0.29) is 5.92 Å². The van der Waals surface area contributed by atoms with Gasteiger partial charge in [0.1, 0.15) is 11.5 Å². The molecule has 0 aromatic heterocycles. The van der Waals surface area contributed by atoms with Crippen LogP contribution in [0.15, 0.2) is 24.3 Å². The van der Waals surface area contributed by atoms with E-state index in [9.17, 15) is 4.79 Å². The standard InChI is InChI=1S/C14H18O2/c1-10-6-7-14(15)13(8-10)11-4-3-5-12(9-11)16-2/h3-5,9-10,13H,6-8H2,1-2H3. The van der Waals surface area contributed by atoms with Crippen molar-refractivity contribution in [3.8, 4) is 5.75 Å². The summed E-state index contributed by atoms with van der Waals surface area (Å²) in [5, 5.41) is 0. The lowest BCUT2D eigenvalue weighted by Gasteiger charge is -2.26. The summed E-state index contributed by atoms with van der Waals surface area (Å²) in [6.45, 7) is 2.22. The van der Waals surface area contributed by atoms with Gasteiger partial charge in [-0.3, -0.25) is 4.79 Å². The first kappa shape index (κ1) is 11.2. The van der Waals surface area contributed by atoms with Crippen molar-refractivity contribution in [2.75, 3.05) is 7.11 Å². The first-order chi connectivity index (χ1) is 7.70. The fourth-order valence-corrected chi connectivity index (χ4v) is 2.39. The van der Waals surface area contributed by atoms with Crippen molar-refractivity contribution < 1.29 is 9.53 Å². The van der Waals surface area contributed by atoms with Gasteiger partial charge in [0.25, 0.3) is 0 Å². The molecule has 16 heavy (non-hydrogen) atoms. The number of ketones is 1. The van der Waals surface area contributed by atoms with Crippen LogP contribution in [0.5, 0.6) is 5.75 Å². The van der Waals surface area contributed by atoms with E-state index in [1.165, 1.54) is 0 Å². The lowest BCUT2D eigenvalue weighted by molar-refractivity contribution is -0.122. The number of methoxy groups -OCH3 is 1. The minimum atomic E-state index is 0.0823. The van der Waals surface area contributed by atoms with Crippen LogP contribution in [-0.4, -0.2) is 12.9 Å². The largest absolute Gasteiger partial charge is 0.497 e. The van der Waals surface area contributed by atoms with Crippen molar-refractivity contribution in [1.29, 1.82) is 0 Å². The molecule has 1 saturated carbocycles. The van der Waals surface area contributed by atoms with Gasteiger partial charge >= 0.3 is 0 Å². The molecule has 1 aromatic rings. The molecule has 2 unspecified atom stereocenters. The summed E-state index contributed by atoms with van der Waals surface area (Å²) < 4.78 is 5.20. The highest BCUT2D eigenvalue weighted by molar-refractivity contribution is 5.86. The fourth-order valence-electron chi connectivity index (χ4n) is 2.39. The van der Waals surface area contributed by atoms with Crippen LogP contribution in [0.3, 0.4) is 0 Å². The molecule has 0 amide bonds. The third-order valence-corrected chi connectivity index (χ3v) is 3.41. The molecule has 1 aliphatic carbocycles. The van der Waals surface area contributed by atoms with Crippen molar-refractivity contribution >= 4 is 5.78 Å². The van der Waals surface area contributed by atoms with Gasteiger partial charge in [-0.1, -0.05) is 19.1 Å². The number of hydrogen-bond donors (Lipinski definition) is 0. The Morgan fingerprint density at radius 1 is 1.38 bits per heavy atom. The molecule has 1 aromatic carbocycles. The van der Waals surface area contributed by atoms with E-state index in [1.54, 1.807) is 7.11 Å². The van der Waals surface area contributed by atoms with Crippen molar-refractivity contribution in [2.24, 2.45) is 5.92 Å². The van der Waals surface area contributed by atoms with Gasteiger partial charge in [-0.15, -0.1) is 0 Å². The van der Waals surface area contributed by atoms with Gasteiger partial charge in [0.05, 0.1) is 7.11 Å². The maximum Gasteiger partial charge on any atom is 0.140 e. The number of benzene rings is 1. The van der Waals surface area contributed by atoms with E-state index in [2.05, 4.69) is 6.92 Å². The summed E-state index contributed by atoms with van der Waals surface area (Å²) in [6.07, 6.45) is 2.74. The number of Topliss-reactive ketones (excluding diaryl/α,β-unsaturated/α-hetero) is 1. The van der Waals surface area contributed by atoms with Gasteiger partial charge in [0, 0.05) is 12.3 Å². The summed E-state index contributed by atoms with van der Waals surface area (Å²) in [5.74, 6) is 1.95. The summed E-state index contributed by atoms with van der Waals surface area (Å²) in [5.41, 5.74) is 1.11. The molecule has 0 bridgehead atoms. The zero-order chi connectivity index (χ0) is 11.5. The first-order valence-corrected chi connectivity index (χ1v) is 5.87. The Labute approximate surface area is 96.6 Å². The minimum Gasteiger partial charge on any atom is -0.497 e. The topological polar surface area (TPSA) is 26.3 Å². The highest BCUT2D eigenvalue weighted by atomic mass is 16.5. The molecule has 2 heteroatoms. The smallest absolute Gasteiger partial charge is 0.140 e. The first-order valence-electron chi connectivity index (χ1n) is 5.87. The van der Waals surface area contributed by atoms with Crippen LogP contribution < -0.4 is 4.74 Å². The molecule has 86 valence electrons. The molecule has 0 N–H and O–H groups in total. The van der Waals surface area contributed by atoms with Gasteiger partial charge in [-0.05, 0) is 36.5 Å². The van der Waals surface area contributed by atoms with E-state index >= 15 is 0 Å². The second-order valence-electron chi connectivity index (χ2n) is 4.68. The number of rotatable bonds is 2. The number of ether oxygens (including phenoxy) is 1. The van der Waals surface area contributed by atoms with Crippen LogP contribution >= 0.6 is 0 Å². The molecular weight excluding hydrogens is 200 g/mol. The zero-order valence-electron chi connectivity index (χ0n) is 9.90. The Balaban J connectivity index is 2.24. The lowest BCUT2D eigenvalue weighted by atomic mass is 9.78. The normalized spacial score (nSPS) is 25.5. The Morgan fingerprint density at radius 2 is 2.19 bits per heavy atom. The molecule has 0 aliphatic heterocycles. The Bertz CT molecular complexity index is 384. The van der Waals surface area contributed by atoms with E-state index in [0.717, 1.165) is 30.6 Å². The fraction of sp³-hybridized carbons (Fsp3) is 0.500. The molecule has 0 radical (unpaired) electrons. The molecular formula is C14H18O2. The van der Waals surface area contributed by atoms with E-state index < -0.39 is 0 Å². The molecule has 2 rings (SSSR count). The maximum atomic E-state index is 11.9. The van der Waals surface area contributed by atoms with Gasteiger partial charge < -0.3 is 4.74 Å². The third-order valence-electron chi connectivity index (χ3n) is 3.41. The van der Waals surface area contributed by atoms with Crippen LogP contribution in [0.1, 0.15) is 37.7 Å². The lowest BCUT2D eigenvalue weighted by Crippen LogP contribution is -2.21. The van der Waals surface area contributed by atoms with Gasteiger partial charge in [-0.25, -0.2) is 0 Å².